The van der Waals surface area contributed by atoms with Gasteiger partial charge >= 0.3 is 0 Å². The Bertz CT molecular complexity index is 958. The summed E-state index contributed by atoms with van der Waals surface area (Å²) in [7, 11) is 0. The molecule has 0 heterocycles. The first kappa shape index (κ1) is 17.9. The van der Waals surface area contributed by atoms with Crippen LogP contribution in [0.2, 0.25) is 0 Å². The number of carbonyl (C=O) groups excluding carboxylic acids is 1. The second-order valence-electron chi connectivity index (χ2n) is 5.92. The maximum Gasteiger partial charge on any atom is 0.269 e. The summed E-state index contributed by atoms with van der Waals surface area (Å²) in [6.07, 6.45) is 0. The topological polar surface area (TPSA) is 72.2 Å². The molecule has 3 aromatic rings. The highest BCUT2D eigenvalue weighted by Gasteiger charge is 2.13. The zero-order chi connectivity index (χ0) is 18.5. The molecular weight excluding hydrogens is 348 g/mol. The van der Waals surface area contributed by atoms with Gasteiger partial charge in [-0.25, -0.2) is 0 Å². The summed E-state index contributed by atoms with van der Waals surface area (Å²) in [4.78, 5) is 22.7. The van der Waals surface area contributed by atoms with E-state index in [4.69, 9.17) is 0 Å². The predicted molar refractivity (Wildman–Crippen MR) is 107 cm³/mol. The Balaban J connectivity index is 1.59. The lowest BCUT2D eigenvalue weighted by Crippen LogP contribution is -2.14. The van der Waals surface area contributed by atoms with E-state index in [0.717, 1.165) is 22.0 Å². The van der Waals surface area contributed by atoms with Crippen LogP contribution in [0.1, 0.15) is 17.7 Å². The van der Waals surface area contributed by atoms with E-state index >= 15 is 0 Å². The van der Waals surface area contributed by atoms with Gasteiger partial charge in [0.2, 0.25) is 5.91 Å². The molecule has 0 aliphatic heterocycles. The van der Waals surface area contributed by atoms with Gasteiger partial charge in [-0.1, -0.05) is 42.5 Å². The molecule has 0 aliphatic carbocycles. The average Bonchev–Trinajstić information content (AvgIpc) is 2.66. The molecule has 0 bridgehead atoms. The number of rotatable bonds is 6. The number of fused-ring (bicyclic) bond motifs is 1. The zero-order valence-corrected chi connectivity index (χ0v) is 15.0. The molecular formula is C20H18N2O3S. The first-order valence-electron chi connectivity index (χ1n) is 8.17. The van der Waals surface area contributed by atoms with Gasteiger partial charge in [0.15, 0.2) is 0 Å². The number of amides is 1. The largest absolute Gasteiger partial charge is 0.325 e. The number of nitro benzene ring substituents is 1. The molecule has 132 valence electrons. The normalized spacial score (nSPS) is 11.9. The van der Waals surface area contributed by atoms with Gasteiger partial charge in [-0.2, -0.15) is 0 Å². The molecule has 26 heavy (non-hydrogen) atoms. The summed E-state index contributed by atoms with van der Waals surface area (Å²) in [5, 5.41) is 16.0. The Kier molecular flexibility index (Phi) is 5.53. The number of carbonyl (C=O) groups is 1. The highest BCUT2D eigenvalue weighted by atomic mass is 32.2. The molecule has 3 rings (SSSR count). The van der Waals surface area contributed by atoms with Crippen LogP contribution in [0.3, 0.4) is 0 Å². The first-order chi connectivity index (χ1) is 12.5. The number of benzene rings is 3. The number of thioether (sulfide) groups is 1. The molecule has 5 nitrogen and oxygen atoms in total. The molecule has 1 N–H and O–H groups in total. The van der Waals surface area contributed by atoms with Crippen molar-refractivity contribution in [2.75, 3.05) is 11.1 Å². The van der Waals surface area contributed by atoms with Gasteiger partial charge < -0.3 is 5.32 Å². The van der Waals surface area contributed by atoms with E-state index in [9.17, 15) is 14.9 Å². The Morgan fingerprint density at radius 3 is 2.62 bits per heavy atom. The van der Waals surface area contributed by atoms with Crippen molar-refractivity contribution in [2.45, 2.75) is 12.2 Å². The molecule has 0 aliphatic rings. The van der Waals surface area contributed by atoms with E-state index in [1.807, 2.05) is 55.5 Å². The van der Waals surface area contributed by atoms with Gasteiger partial charge in [0.05, 0.1) is 10.7 Å². The molecule has 0 radical (unpaired) electrons. The van der Waals surface area contributed by atoms with Crippen LogP contribution in [0.5, 0.6) is 0 Å². The fourth-order valence-corrected chi connectivity index (χ4v) is 3.46. The van der Waals surface area contributed by atoms with E-state index in [0.29, 0.717) is 0 Å². The Hall–Kier alpha value is -2.86. The lowest BCUT2D eigenvalue weighted by atomic mass is 10.1. The van der Waals surface area contributed by atoms with Gasteiger partial charge in [-0.05, 0) is 35.4 Å². The number of nitrogens with zero attached hydrogens (tertiary/aromatic N) is 1. The molecule has 3 aromatic carbocycles. The number of hydrogen-bond acceptors (Lipinski definition) is 4. The molecule has 1 amide bonds. The van der Waals surface area contributed by atoms with Gasteiger partial charge in [0, 0.05) is 23.1 Å². The van der Waals surface area contributed by atoms with Crippen molar-refractivity contribution in [1.29, 1.82) is 0 Å². The van der Waals surface area contributed by atoms with Crippen molar-refractivity contribution in [1.82, 2.24) is 0 Å². The van der Waals surface area contributed by atoms with Crippen LogP contribution in [-0.2, 0) is 4.79 Å². The van der Waals surface area contributed by atoms with Crippen LogP contribution in [0.25, 0.3) is 10.8 Å². The van der Waals surface area contributed by atoms with Crippen molar-refractivity contribution in [3.63, 3.8) is 0 Å². The fourth-order valence-electron chi connectivity index (χ4n) is 2.65. The van der Waals surface area contributed by atoms with E-state index in [1.165, 1.54) is 17.8 Å². The quantitative estimate of drug-likeness (QED) is 0.482. The minimum atomic E-state index is -0.409. The van der Waals surface area contributed by atoms with E-state index in [2.05, 4.69) is 5.32 Å². The lowest BCUT2D eigenvalue weighted by Gasteiger charge is -2.12. The maximum absolute atomic E-state index is 12.2. The third kappa shape index (κ3) is 4.40. The number of nitro groups is 1. The molecule has 6 heteroatoms. The summed E-state index contributed by atoms with van der Waals surface area (Å²) >= 11 is 1.45. The van der Waals surface area contributed by atoms with Gasteiger partial charge in [-0.3, -0.25) is 14.9 Å². The minimum absolute atomic E-state index is 0.0164. The van der Waals surface area contributed by atoms with Crippen LogP contribution in [0.4, 0.5) is 11.4 Å². The van der Waals surface area contributed by atoms with E-state index in [-0.39, 0.29) is 22.6 Å². The SMILES string of the molecule is C[C@H](SCC(=O)Nc1ccc2ccccc2c1)c1cccc([N+](=O)[O-])c1. The summed E-state index contributed by atoms with van der Waals surface area (Å²) in [6, 6.07) is 20.3. The van der Waals surface area contributed by atoms with Gasteiger partial charge in [0.25, 0.3) is 5.69 Å². The summed E-state index contributed by atoms with van der Waals surface area (Å²) in [6.45, 7) is 1.94. The molecule has 0 fully saturated rings. The Morgan fingerprint density at radius 2 is 1.85 bits per heavy atom. The smallest absolute Gasteiger partial charge is 0.269 e. The van der Waals surface area contributed by atoms with E-state index in [1.54, 1.807) is 12.1 Å². The van der Waals surface area contributed by atoms with Crippen LogP contribution >= 0.6 is 11.8 Å². The third-order valence-electron chi connectivity index (χ3n) is 4.05. The highest BCUT2D eigenvalue weighted by Crippen LogP contribution is 2.30. The summed E-state index contributed by atoms with van der Waals surface area (Å²) in [5.41, 5.74) is 1.66. The van der Waals surface area contributed by atoms with Crippen LogP contribution in [0.15, 0.2) is 66.7 Å². The number of non-ortho nitro benzene ring substituents is 1. The molecule has 0 spiro atoms. The first-order valence-corrected chi connectivity index (χ1v) is 9.22. The minimum Gasteiger partial charge on any atom is -0.325 e. The Morgan fingerprint density at radius 1 is 1.08 bits per heavy atom. The molecule has 0 unspecified atom stereocenters. The number of hydrogen-bond donors (Lipinski definition) is 1. The van der Waals surface area contributed by atoms with Gasteiger partial charge in [-0.15, -0.1) is 11.8 Å². The lowest BCUT2D eigenvalue weighted by molar-refractivity contribution is -0.384. The van der Waals surface area contributed by atoms with Crippen LogP contribution in [0, 0.1) is 10.1 Å². The second kappa shape index (κ2) is 8.01. The van der Waals surface area contributed by atoms with Crippen molar-refractivity contribution in [3.8, 4) is 0 Å². The summed E-state index contributed by atoms with van der Waals surface area (Å²) < 4.78 is 0. The standard InChI is InChI=1S/C20H18N2O3S/c1-14(16-7-4-8-19(12-16)22(24)25)26-13-20(23)21-18-10-9-15-5-2-3-6-17(15)11-18/h2-12,14H,13H2,1H3,(H,21,23)/t14-/m0/s1. The third-order valence-corrected chi connectivity index (χ3v) is 5.25. The second-order valence-corrected chi connectivity index (χ2v) is 7.24. The monoisotopic (exact) mass is 366 g/mol. The highest BCUT2D eigenvalue weighted by molar-refractivity contribution is 8.00. The van der Waals surface area contributed by atoms with Crippen molar-refractivity contribution < 1.29 is 9.72 Å². The van der Waals surface area contributed by atoms with Gasteiger partial charge in [0.1, 0.15) is 0 Å². The number of anilines is 1. The number of nitrogens with one attached hydrogen (secondary N) is 1. The molecule has 0 saturated heterocycles. The maximum atomic E-state index is 12.2. The fraction of sp³-hybridized carbons (Fsp3) is 0.150. The zero-order valence-electron chi connectivity index (χ0n) is 14.2. The van der Waals surface area contributed by atoms with E-state index < -0.39 is 4.92 Å². The molecule has 0 aromatic heterocycles. The Labute approximate surface area is 155 Å². The average molecular weight is 366 g/mol. The molecule has 0 saturated carbocycles. The predicted octanol–water partition coefficient (Wildman–Crippen LogP) is 5.18. The summed E-state index contributed by atoms with van der Waals surface area (Å²) in [5.74, 6) is 0.180. The van der Waals surface area contributed by atoms with Crippen molar-refractivity contribution in [2.24, 2.45) is 0 Å². The van der Waals surface area contributed by atoms with Crippen molar-refractivity contribution in [3.05, 3.63) is 82.4 Å². The van der Waals surface area contributed by atoms with Crippen LogP contribution < -0.4 is 5.32 Å². The van der Waals surface area contributed by atoms with Crippen LogP contribution in [-0.4, -0.2) is 16.6 Å². The molecule has 1 atom stereocenters. The van der Waals surface area contributed by atoms with Crippen molar-refractivity contribution >= 4 is 39.8 Å².